The fraction of sp³-hybridized carbons (Fsp3) is 0.375. The molecule has 0 unspecified atom stereocenters. The Balaban J connectivity index is 1.85. The van der Waals surface area contributed by atoms with E-state index in [0.29, 0.717) is 5.92 Å². The fourth-order valence-electron chi connectivity index (χ4n) is 3.24. The predicted octanol–water partition coefficient (Wildman–Crippen LogP) is 2.20. The lowest BCUT2D eigenvalue weighted by Crippen LogP contribution is -2.26. The predicted molar refractivity (Wildman–Crippen MR) is 82.2 cm³/mol. The molecule has 0 aliphatic carbocycles. The minimum absolute atomic E-state index is 0.613. The van der Waals surface area contributed by atoms with E-state index in [-0.39, 0.29) is 0 Å². The third-order valence-electron chi connectivity index (χ3n) is 4.36. The van der Waals surface area contributed by atoms with Crippen LogP contribution in [0.4, 0.5) is 0 Å². The van der Waals surface area contributed by atoms with Crippen molar-refractivity contribution in [3.63, 3.8) is 0 Å². The number of aryl methyl sites for hydroxylation is 1. The molecule has 1 saturated heterocycles. The van der Waals surface area contributed by atoms with Crippen LogP contribution in [-0.4, -0.2) is 32.5 Å². The number of nitrogens with one attached hydrogen (secondary N) is 1. The van der Waals surface area contributed by atoms with Gasteiger partial charge in [-0.1, -0.05) is 0 Å². The van der Waals surface area contributed by atoms with E-state index in [4.69, 9.17) is 0 Å². The fourth-order valence-corrected chi connectivity index (χ4v) is 3.24. The molecular weight excluding hydrogens is 262 g/mol. The molecule has 0 spiro atoms. The van der Waals surface area contributed by atoms with Gasteiger partial charge in [-0.2, -0.15) is 10.2 Å². The highest BCUT2D eigenvalue weighted by atomic mass is 15.2. The van der Waals surface area contributed by atoms with Crippen molar-refractivity contribution in [2.75, 3.05) is 13.1 Å². The van der Waals surface area contributed by atoms with Gasteiger partial charge in [0.25, 0.3) is 0 Å². The highest BCUT2D eigenvalue weighted by molar-refractivity contribution is 5.68. The van der Waals surface area contributed by atoms with E-state index in [9.17, 15) is 0 Å². The van der Waals surface area contributed by atoms with Crippen LogP contribution in [0.2, 0.25) is 0 Å². The van der Waals surface area contributed by atoms with Crippen LogP contribution in [0.5, 0.6) is 0 Å². The van der Waals surface area contributed by atoms with E-state index >= 15 is 0 Å². The molecule has 0 amide bonds. The zero-order valence-corrected chi connectivity index (χ0v) is 12.2. The van der Waals surface area contributed by atoms with E-state index in [1.54, 1.807) is 0 Å². The summed E-state index contributed by atoms with van der Waals surface area (Å²) in [6.07, 6.45) is 10.3. The van der Waals surface area contributed by atoms with Crippen LogP contribution in [0.1, 0.15) is 24.3 Å². The Morgan fingerprint density at radius 3 is 2.76 bits per heavy atom. The molecule has 1 aliphatic heterocycles. The molecule has 5 nitrogen and oxygen atoms in total. The third-order valence-corrected chi connectivity index (χ3v) is 4.36. The van der Waals surface area contributed by atoms with Gasteiger partial charge < -0.3 is 5.32 Å². The monoisotopic (exact) mass is 281 g/mol. The number of hydrogen-bond donors (Lipinski definition) is 1. The Morgan fingerprint density at radius 1 is 1.14 bits per heavy atom. The molecule has 3 aromatic heterocycles. The Morgan fingerprint density at radius 2 is 2.00 bits per heavy atom. The van der Waals surface area contributed by atoms with Crippen molar-refractivity contribution < 1.29 is 0 Å². The largest absolute Gasteiger partial charge is 0.317 e. The first kappa shape index (κ1) is 12.6. The molecule has 0 saturated carbocycles. The Labute approximate surface area is 123 Å². The molecule has 1 aliphatic rings. The van der Waals surface area contributed by atoms with Crippen LogP contribution in [0, 0.1) is 0 Å². The lowest BCUT2D eigenvalue weighted by Gasteiger charge is -2.24. The quantitative estimate of drug-likeness (QED) is 0.783. The standard InChI is InChI=1S/C16H19N5/c1-20-10-14(9-19-20)13-8-15(12-2-5-17-6-3-12)16-4-7-18-21(16)11-13/h4,7-12,17H,2-3,5-6H2,1H3. The molecule has 0 atom stereocenters. The Bertz CT molecular complexity index is 764. The van der Waals surface area contributed by atoms with E-state index in [1.165, 1.54) is 29.5 Å². The molecule has 1 fully saturated rings. The zero-order chi connectivity index (χ0) is 14.2. The van der Waals surface area contributed by atoms with Gasteiger partial charge in [-0.05, 0) is 49.5 Å². The summed E-state index contributed by atoms with van der Waals surface area (Å²) in [6.45, 7) is 2.20. The topological polar surface area (TPSA) is 47.2 Å². The second-order valence-corrected chi connectivity index (χ2v) is 5.77. The maximum Gasteiger partial charge on any atom is 0.0696 e. The summed E-state index contributed by atoms with van der Waals surface area (Å²) >= 11 is 0. The summed E-state index contributed by atoms with van der Waals surface area (Å²) in [6, 6.07) is 4.44. The van der Waals surface area contributed by atoms with Gasteiger partial charge in [-0.15, -0.1) is 0 Å². The molecule has 21 heavy (non-hydrogen) atoms. The molecule has 5 heteroatoms. The van der Waals surface area contributed by atoms with Crippen molar-refractivity contribution in [1.82, 2.24) is 24.7 Å². The number of piperidine rings is 1. The van der Waals surface area contributed by atoms with Gasteiger partial charge in [0.1, 0.15) is 0 Å². The Kier molecular flexibility index (Phi) is 3.00. The maximum absolute atomic E-state index is 4.44. The molecule has 0 radical (unpaired) electrons. The van der Waals surface area contributed by atoms with Gasteiger partial charge in [0.15, 0.2) is 0 Å². The highest BCUT2D eigenvalue weighted by Gasteiger charge is 2.19. The van der Waals surface area contributed by atoms with Crippen molar-refractivity contribution in [2.24, 2.45) is 7.05 Å². The van der Waals surface area contributed by atoms with Gasteiger partial charge >= 0.3 is 0 Å². The summed E-state index contributed by atoms with van der Waals surface area (Å²) in [5, 5.41) is 12.2. The third kappa shape index (κ3) is 2.23. The summed E-state index contributed by atoms with van der Waals surface area (Å²) < 4.78 is 3.84. The van der Waals surface area contributed by atoms with Crippen LogP contribution < -0.4 is 5.32 Å². The number of aromatic nitrogens is 4. The van der Waals surface area contributed by atoms with Gasteiger partial charge in [-0.3, -0.25) is 4.68 Å². The van der Waals surface area contributed by atoms with Crippen molar-refractivity contribution in [3.8, 4) is 11.1 Å². The van der Waals surface area contributed by atoms with E-state index in [2.05, 4.69) is 40.0 Å². The van der Waals surface area contributed by atoms with Gasteiger partial charge in [0.2, 0.25) is 0 Å². The van der Waals surface area contributed by atoms with Crippen LogP contribution >= 0.6 is 0 Å². The first-order chi connectivity index (χ1) is 10.3. The van der Waals surface area contributed by atoms with Gasteiger partial charge in [-0.25, -0.2) is 4.52 Å². The number of hydrogen-bond acceptors (Lipinski definition) is 3. The van der Waals surface area contributed by atoms with Crippen molar-refractivity contribution in [1.29, 1.82) is 0 Å². The molecule has 108 valence electrons. The summed E-state index contributed by atoms with van der Waals surface area (Å²) in [5.41, 5.74) is 4.97. The summed E-state index contributed by atoms with van der Waals surface area (Å²) in [7, 11) is 1.95. The minimum Gasteiger partial charge on any atom is -0.317 e. The van der Waals surface area contributed by atoms with E-state index < -0.39 is 0 Å². The number of fused-ring (bicyclic) bond motifs is 1. The molecule has 4 heterocycles. The summed E-state index contributed by atoms with van der Waals surface area (Å²) in [5.74, 6) is 0.613. The molecule has 1 N–H and O–H groups in total. The number of nitrogens with zero attached hydrogens (tertiary/aromatic N) is 4. The maximum atomic E-state index is 4.44. The lowest BCUT2D eigenvalue weighted by atomic mass is 9.89. The Hall–Kier alpha value is -2.14. The van der Waals surface area contributed by atoms with Gasteiger partial charge in [0.05, 0.1) is 11.7 Å². The first-order valence-electron chi connectivity index (χ1n) is 7.48. The van der Waals surface area contributed by atoms with Gasteiger partial charge in [0, 0.05) is 36.8 Å². The first-order valence-corrected chi connectivity index (χ1v) is 7.48. The van der Waals surface area contributed by atoms with Crippen LogP contribution in [0.25, 0.3) is 16.6 Å². The lowest BCUT2D eigenvalue weighted by molar-refractivity contribution is 0.461. The van der Waals surface area contributed by atoms with Crippen molar-refractivity contribution in [2.45, 2.75) is 18.8 Å². The van der Waals surface area contributed by atoms with Crippen molar-refractivity contribution >= 4 is 5.52 Å². The second-order valence-electron chi connectivity index (χ2n) is 5.77. The molecular formula is C16H19N5. The summed E-state index contributed by atoms with van der Waals surface area (Å²) in [4.78, 5) is 0. The SMILES string of the molecule is Cn1cc(-c2cc(C3CCNCC3)c3ccnn3c2)cn1. The molecule has 0 aromatic carbocycles. The van der Waals surface area contributed by atoms with E-state index in [1.807, 2.05) is 28.6 Å². The average molecular weight is 281 g/mol. The number of rotatable bonds is 2. The van der Waals surface area contributed by atoms with E-state index in [0.717, 1.165) is 18.7 Å². The number of pyridine rings is 1. The smallest absolute Gasteiger partial charge is 0.0696 e. The van der Waals surface area contributed by atoms with Crippen LogP contribution in [-0.2, 0) is 7.05 Å². The van der Waals surface area contributed by atoms with Crippen molar-refractivity contribution in [3.05, 3.63) is 42.5 Å². The van der Waals surface area contributed by atoms with Crippen LogP contribution in [0.15, 0.2) is 36.9 Å². The van der Waals surface area contributed by atoms with Crippen LogP contribution in [0.3, 0.4) is 0 Å². The zero-order valence-electron chi connectivity index (χ0n) is 12.2. The normalized spacial score (nSPS) is 16.6. The highest BCUT2D eigenvalue weighted by Crippen LogP contribution is 2.32. The molecule has 3 aromatic rings. The molecule has 0 bridgehead atoms. The minimum atomic E-state index is 0.613. The average Bonchev–Trinajstić information content (AvgIpc) is 3.15. The molecule has 4 rings (SSSR count). The second kappa shape index (κ2) is 5.00.